The average Bonchev–Trinajstić information content (AvgIpc) is 3.20. The van der Waals surface area contributed by atoms with Crippen molar-refractivity contribution >= 4 is 29.1 Å². The molecule has 5 rings (SSSR count). The minimum absolute atomic E-state index is 0. The number of nitrogens with two attached hydrogens (primary N) is 1. The van der Waals surface area contributed by atoms with Crippen molar-refractivity contribution in [3.8, 4) is 11.1 Å². The van der Waals surface area contributed by atoms with Crippen LogP contribution in [0.25, 0.3) is 16.7 Å². The van der Waals surface area contributed by atoms with Crippen molar-refractivity contribution in [1.29, 1.82) is 0 Å². The second-order valence-corrected chi connectivity index (χ2v) is 8.07. The summed E-state index contributed by atoms with van der Waals surface area (Å²) in [5.41, 5.74) is 8.37. The number of nitrogens with zero attached hydrogens (tertiary/aromatic N) is 1. The number of aliphatic hydroxyl groups excluding tert-OH is 1. The quantitative estimate of drug-likeness (QED) is 0.329. The Morgan fingerprint density at radius 3 is 2.31 bits per heavy atom. The van der Waals surface area contributed by atoms with Gasteiger partial charge < -0.3 is 25.6 Å². The van der Waals surface area contributed by atoms with E-state index in [4.69, 9.17) is 5.73 Å². The van der Waals surface area contributed by atoms with Gasteiger partial charge in [0.2, 0.25) is 11.8 Å². The Hall–Kier alpha value is -2.78. The van der Waals surface area contributed by atoms with Crippen LogP contribution >= 0.6 is 0 Å². The molecule has 32 heavy (non-hydrogen) atoms. The second-order valence-electron chi connectivity index (χ2n) is 8.07. The summed E-state index contributed by atoms with van der Waals surface area (Å²) in [6.07, 6.45) is -0.640. The van der Waals surface area contributed by atoms with Crippen LogP contribution in [-0.4, -0.2) is 45.7 Å². The summed E-state index contributed by atoms with van der Waals surface area (Å²) in [7, 11) is 0. The third-order valence-electron chi connectivity index (χ3n) is 6.37. The van der Waals surface area contributed by atoms with Gasteiger partial charge in [0.05, 0.1) is 29.7 Å². The van der Waals surface area contributed by atoms with Gasteiger partial charge >= 0.3 is 29.6 Å². The van der Waals surface area contributed by atoms with Crippen molar-refractivity contribution < 1.29 is 58.9 Å². The fourth-order valence-corrected chi connectivity index (χ4v) is 4.93. The van der Waals surface area contributed by atoms with E-state index in [9.17, 15) is 29.4 Å². The van der Waals surface area contributed by atoms with Crippen molar-refractivity contribution in [3.63, 3.8) is 0 Å². The molecule has 2 heterocycles. The molecule has 3 atom stereocenters. The number of carbonyl (C=O) groups excluding carboxylic acids is 4. The topological polar surface area (TPSA) is 141 Å². The van der Waals surface area contributed by atoms with Gasteiger partial charge in [-0.05, 0) is 65.9 Å². The van der Waals surface area contributed by atoms with Crippen LogP contribution in [0.4, 0.5) is 0 Å². The first kappa shape index (κ1) is 22.4. The third-order valence-corrected chi connectivity index (χ3v) is 6.37. The predicted octanol–water partition coefficient (Wildman–Crippen LogP) is -2.93. The van der Waals surface area contributed by atoms with E-state index in [1.54, 1.807) is 30.3 Å². The summed E-state index contributed by atoms with van der Waals surface area (Å²) in [5.74, 6) is -3.39. The normalized spacial score (nSPS) is 21.4. The Morgan fingerprint density at radius 1 is 1.09 bits per heavy atom. The first-order valence-electron chi connectivity index (χ1n) is 9.79. The van der Waals surface area contributed by atoms with Crippen molar-refractivity contribution in [3.05, 3.63) is 64.3 Å². The Balaban J connectivity index is 0.00000245. The van der Waals surface area contributed by atoms with Gasteiger partial charge in [-0.1, -0.05) is 6.07 Å². The molecule has 0 saturated carbocycles. The molecule has 0 radical (unpaired) electrons. The average molecular weight is 440 g/mol. The van der Waals surface area contributed by atoms with E-state index < -0.39 is 35.8 Å². The fraction of sp³-hybridized carbons (Fsp3) is 0.217. The van der Waals surface area contributed by atoms with Crippen LogP contribution in [0.3, 0.4) is 0 Å². The molecule has 8 nitrogen and oxygen atoms in total. The predicted molar refractivity (Wildman–Crippen MR) is 106 cm³/mol. The maximum Gasteiger partial charge on any atom is 1.00 e. The van der Waals surface area contributed by atoms with Crippen molar-refractivity contribution in [2.45, 2.75) is 25.5 Å². The van der Waals surface area contributed by atoms with E-state index in [1.807, 2.05) is 0 Å². The Kier molecular flexibility index (Phi) is 5.37. The van der Waals surface area contributed by atoms with Crippen molar-refractivity contribution in [2.75, 3.05) is 0 Å². The van der Waals surface area contributed by atoms with E-state index in [0.29, 0.717) is 33.4 Å². The number of hydrogen-bond acceptors (Lipinski definition) is 6. The number of carboxylic acid groups (broad SMARTS) is 1. The fourth-order valence-electron chi connectivity index (χ4n) is 4.93. The number of primary amides is 1. The van der Waals surface area contributed by atoms with Crippen molar-refractivity contribution in [1.82, 2.24) is 4.90 Å². The maximum absolute atomic E-state index is 12.7. The molecule has 3 N–H and O–H groups in total. The molecular weight excluding hydrogens is 423 g/mol. The van der Waals surface area contributed by atoms with Gasteiger partial charge in [0, 0.05) is 16.7 Å². The smallest absolute Gasteiger partial charge is 0.543 e. The minimum atomic E-state index is -1.47. The van der Waals surface area contributed by atoms with Gasteiger partial charge in [-0.25, -0.2) is 0 Å². The molecule has 0 aromatic heterocycles. The van der Waals surface area contributed by atoms with Gasteiger partial charge in [-0.2, -0.15) is 0 Å². The van der Waals surface area contributed by atoms with E-state index >= 15 is 0 Å². The molecule has 156 valence electrons. The molecule has 0 spiro atoms. The second kappa shape index (κ2) is 7.67. The summed E-state index contributed by atoms with van der Waals surface area (Å²) in [6, 6.07) is 9.09. The van der Waals surface area contributed by atoms with Gasteiger partial charge in [-0.3, -0.25) is 14.4 Å². The number of aliphatic hydroxyl groups is 1. The maximum atomic E-state index is 12.7. The number of hydrogen-bond donors (Lipinski definition) is 2. The molecule has 1 aliphatic carbocycles. The van der Waals surface area contributed by atoms with Crippen LogP contribution < -0.4 is 40.4 Å². The van der Waals surface area contributed by atoms with E-state index in [-0.39, 0.29) is 53.0 Å². The van der Waals surface area contributed by atoms with E-state index in [2.05, 4.69) is 0 Å². The number of benzene rings is 2. The number of aliphatic carboxylic acids is 1. The monoisotopic (exact) mass is 440 g/mol. The molecule has 2 aliphatic heterocycles. The SMILES string of the molecule is C[C@@H](O)[C@H]1C(=O)N2C(C(=O)[O-])=C(c3ccc4c(c3)-c3cc(C(N)=O)ccc3C4=O)C[C@H]12.[Na+]. The Bertz CT molecular complexity index is 1270. The first-order valence-corrected chi connectivity index (χ1v) is 9.79. The molecule has 1 fully saturated rings. The van der Waals surface area contributed by atoms with E-state index in [0.717, 1.165) is 0 Å². The molecule has 3 aliphatic rings. The Morgan fingerprint density at radius 2 is 1.72 bits per heavy atom. The summed E-state index contributed by atoms with van der Waals surface area (Å²) in [6.45, 7) is 1.50. The van der Waals surface area contributed by atoms with Crippen LogP contribution in [0.1, 0.15) is 45.2 Å². The molecule has 0 bridgehead atoms. The molecule has 2 aromatic rings. The molecule has 2 aromatic carbocycles. The Labute approximate surface area is 205 Å². The molecule has 2 amide bonds. The van der Waals surface area contributed by atoms with Crippen LogP contribution in [0, 0.1) is 5.92 Å². The van der Waals surface area contributed by atoms with Gasteiger partial charge in [0.15, 0.2) is 5.78 Å². The minimum Gasteiger partial charge on any atom is -0.543 e. The van der Waals surface area contributed by atoms with Crippen LogP contribution in [-0.2, 0) is 9.59 Å². The number of ketones is 1. The molecule has 0 unspecified atom stereocenters. The van der Waals surface area contributed by atoms with Crippen LogP contribution in [0.15, 0.2) is 42.1 Å². The standard InChI is InChI=1S/C23H18N2O6.Na/c1-9(26)18-17-8-14(19(23(30)31)25(17)22(18)29)10-2-4-12-15(6-10)16-7-11(21(24)28)3-5-13(16)20(12)27;/h2-7,9,17-18,26H,8H2,1H3,(H2,24,28)(H,30,31);/q;+1/p-1/t9-,17-,18-;/m1./s1. The van der Waals surface area contributed by atoms with Crippen molar-refractivity contribution in [2.24, 2.45) is 11.7 Å². The largest absolute Gasteiger partial charge is 1.00 e. The van der Waals surface area contributed by atoms with E-state index in [1.165, 1.54) is 17.9 Å². The summed E-state index contributed by atoms with van der Waals surface area (Å²) in [4.78, 5) is 49.8. The zero-order chi connectivity index (χ0) is 22.2. The van der Waals surface area contributed by atoms with Crippen LogP contribution in [0.2, 0.25) is 0 Å². The first-order chi connectivity index (χ1) is 14.7. The van der Waals surface area contributed by atoms with Gasteiger partial charge in [0.25, 0.3) is 0 Å². The zero-order valence-electron chi connectivity index (χ0n) is 17.4. The number of carbonyl (C=O) groups is 4. The number of carboxylic acids is 1. The third kappa shape index (κ3) is 2.98. The number of rotatable bonds is 4. The number of β-lactam (4-membered cyclic amide) rings is 1. The summed E-state index contributed by atoms with van der Waals surface area (Å²) < 4.78 is 0. The van der Waals surface area contributed by atoms with Crippen LogP contribution in [0.5, 0.6) is 0 Å². The number of fused-ring (bicyclic) bond motifs is 4. The summed E-state index contributed by atoms with van der Waals surface area (Å²) in [5, 5.41) is 21.8. The molecule has 9 heteroatoms. The molecular formula is C23H17N2NaO6. The zero-order valence-corrected chi connectivity index (χ0v) is 19.4. The summed E-state index contributed by atoms with van der Waals surface area (Å²) >= 11 is 0. The van der Waals surface area contributed by atoms with Gasteiger partial charge in [-0.15, -0.1) is 0 Å². The molecule has 1 saturated heterocycles. The van der Waals surface area contributed by atoms with Gasteiger partial charge in [0.1, 0.15) is 0 Å². The number of amides is 2.